The SMILES string of the molecule is COC(=O)c1ccc(CN2CCC[C@H](c3[nH]ncc3-c3cccc(C)c3)C2)cc1. The molecule has 4 rings (SSSR count). The molecular weight excluding hydrogens is 362 g/mol. The van der Waals surface area contributed by atoms with Gasteiger partial charge in [0.2, 0.25) is 0 Å². The Balaban J connectivity index is 1.47. The van der Waals surface area contributed by atoms with Gasteiger partial charge in [-0.25, -0.2) is 4.79 Å². The number of H-pyrrole nitrogens is 1. The second-order valence-corrected chi connectivity index (χ2v) is 7.83. The van der Waals surface area contributed by atoms with Gasteiger partial charge in [0, 0.05) is 30.3 Å². The molecule has 0 spiro atoms. The van der Waals surface area contributed by atoms with Crippen molar-refractivity contribution in [1.82, 2.24) is 15.1 Å². The largest absolute Gasteiger partial charge is 0.465 e. The van der Waals surface area contributed by atoms with Crippen molar-refractivity contribution in [2.24, 2.45) is 0 Å². The number of benzene rings is 2. The number of aromatic amines is 1. The summed E-state index contributed by atoms with van der Waals surface area (Å²) >= 11 is 0. The minimum Gasteiger partial charge on any atom is -0.465 e. The molecule has 0 saturated carbocycles. The maximum Gasteiger partial charge on any atom is 0.337 e. The summed E-state index contributed by atoms with van der Waals surface area (Å²) in [5, 5.41) is 7.64. The van der Waals surface area contributed by atoms with Crippen LogP contribution in [0.3, 0.4) is 0 Å². The molecule has 150 valence electrons. The van der Waals surface area contributed by atoms with E-state index in [1.54, 1.807) is 0 Å². The maximum absolute atomic E-state index is 11.6. The number of carbonyl (C=O) groups is 1. The first-order chi connectivity index (χ1) is 14.1. The fourth-order valence-electron chi connectivity index (χ4n) is 4.21. The standard InChI is InChI=1S/C24H27N3O2/c1-17-5-3-6-20(13-17)22-14-25-26-23(22)21-7-4-12-27(16-21)15-18-8-10-19(11-9-18)24(28)29-2/h3,5-6,8-11,13-14,21H,4,7,12,15-16H2,1-2H3,(H,25,26)/t21-/m0/s1. The van der Waals surface area contributed by atoms with Gasteiger partial charge in [-0.15, -0.1) is 0 Å². The number of carbonyl (C=O) groups excluding carboxylic acids is 1. The van der Waals surface area contributed by atoms with Crippen LogP contribution in [0.4, 0.5) is 0 Å². The molecule has 1 aliphatic heterocycles. The van der Waals surface area contributed by atoms with Gasteiger partial charge in [0.05, 0.1) is 18.9 Å². The average Bonchev–Trinajstić information content (AvgIpc) is 3.24. The van der Waals surface area contributed by atoms with Crippen LogP contribution in [0, 0.1) is 6.92 Å². The van der Waals surface area contributed by atoms with Gasteiger partial charge in [0.25, 0.3) is 0 Å². The van der Waals surface area contributed by atoms with Gasteiger partial charge < -0.3 is 4.74 Å². The van der Waals surface area contributed by atoms with Crippen molar-refractivity contribution in [1.29, 1.82) is 0 Å². The topological polar surface area (TPSA) is 58.2 Å². The van der Waals surface area contributed by atoms with E-state index in [0.29, 0.717) is 11.5 Å². The molecule has 1 atom stereocenters. The summed E-state index contributed by atoms with van der Waals surface area (Å²) in [5.41, 5.74) is 6.73. The first-order valence-corrected chi connectivity index (χ1v) is 10.1. The Morgan fingerprint density at radius 2 is 2.07 bits per heavy atom. The third kappa shape index (κ3) is 4.40. The summed E-state index contributed by atoms with van der Waals surface area (Å²) < 4.78 is 4.78. The van der Waals surface area contributed by atoms with Crippen LogP contribution in [0.1, 0.15) is 45.9 Å². The molecule has 3 aromatic rings. The smallest absolute Gasteiger partial charge is 0.337 e. The number of likely N-dealkylation sites (tertiary alicyclic amines) is 1. The molecule has 1 aliphatic rings. The zero-order valence-electron chi connectivity index (χ0n) is 17.0. The Morgan fingerprint density at radius 1 is 1.24 bits per heavy atom. The molecule has 0 bridgehead atoms. The van der Waals surface area contributed by atoms with E-state index in [0.717, 1.165) is 26.1 Å². The Hall–Kier alpha value is -2.92. The number of hydrogen-bond donors (Lipinski definition) is 1. The van der Waals surface area contributed by atoms with Crippen LogP contribution in [-0.4, -0.2) is 41.3 Å². The summed E-state index contributed by atoms with van der Waals surface area (Å²) in [6.07, 6.45) is 4.28. The Kier molecular flexibility index (Phi) is 5.76. The molecule has 0 aliphatic carbocycles. The third-order valence-electron chi connectivity index (χ3n) is 5.69. The molecule has 1 fully saturated rings. The second kappa shape index (κ2) is 8.62. The third-order valence-corrected chi connectivity index (χ3v) is 5.69. The molecule has 2 aromatic carbocycles. The number of rotatable bonds is 5. The number of nitrogens with zero attached hydrogens (tertiary/aromatic N) is 2. The van der Waals surface area contributed by atoms with Crippen molar-refractivity contribution in [2.45, 2.75) is 32.2 Å². The van der Waals surface area contributed by atoms with E-state index in [1.807, 2.05) is 30.5 Å². The molecular formula is C24H27N3O2. The highest BCUT2D eigenvalue weighted by atomic mass is 16.5. The lowest BCUT2D eigenvalue weighted by atomic mass is 9.90. The zero-order chi connectivity index (χ0) is 20.2. The van der Waals surface area contributed by atoms with Crippen LogP contribution in [0.2, 0.25) is 0 Å². The number of nitrogens with one attached hydrogen (secondary N) is 1. The van der Waals surface area contributed by atoms with Crippen LogP contribution < -0.4 is 0 Å². The van der Waals surface area contributed by atoms with E-state index in [4.69, 9.17) is 4.74 Å². The quantitative estimate of drug-likeness (QED) is 0.651. The Morgan fingerprint density at radius 3 is 2.83 bits per heavy atom. The van der Waals surface area contributed by atoms with E-state index in [-0.39, 0.29) is 5.97 Å². The number of aromatic nitrogens is 2. The van der Waals surface area contributed by atoms with Gasteiger partial charge in [0.15, 0.2) is 0 Å². The minimum atomic E-state index is -0.294. The van der Waals surface area contributed by atoms with Gasteiger partial charge in [-0.3, -0.25) is 10.00 Å². The normalized spacial score (nSPS) is 17.2. The molecule has 1 aromatic heterocycles. The summed E-state index contributed by atoms with van der Waals surface area (Å²) in [7, 11) is 1.41. The summed E-state index contributed by atoms with van der Waals surface area (Å²) in [4.78, 5) is 14.1. The number of esters is 1. The van der Waals surface area contributed by atoms with E-state index in [9.17, 15) is 4.79 Å². The Labute approximate surface area is 171 Å². The van der Waals surface area contributed by atoms with Crippen molar-refractivity contribution in [3.8, 4) is 11.1 Å². The first-order valence-electron chi connectivity index (χ1n) is 10.1. The van der Waals surface area contributed by atoms with Crippen molar-refractivity contribution in [3.05, 3.63) is 77.1 Å². The number of aryl methyl sites for hydroxylation is 1. The summed E-state index contributed by atoms with van der Waals surface area (Å²) in [6, 6.07) is 16.3. The summed E-state index contributed by atoms with van der Waals surface area (Å²) in [6.45, 7) is 5.09. The van der Waals surface area contributed by atoms with Crippen LogP contribution >= 0.6 is 0 Å². The average molecular weight is 389 g/mol. The van der Waals surface area contributed by atoms with Gasteiger partial charge in [-0.2, -0.15) is 5.10 Å². The van der Waals surface area contributed by atoms with E-state index < -0.39 is 0 Å². The number of ether oxygens (including phenoxy) is 1. The van der Waals surface area contributed by atoms with E-state index >= 15 is 0 Å². The Bertz CT molecular complexity index is 978. The van der Waals surface area contributed by atoms with E-state index in [1.165, 1.54) is 41.5 Å². The molecule has 5 heteroatoms. The maximum atomic E-state index is 11.6. The zero-order valence-corrected chi connectivity index (χ0v) is 17.0. The van der Waals surface area contributed by atoms with Crippen LogP contribution in [0.25, 0.3) is 11.1 Å². The predicted octanol–water partition coefficient (Wildman–Crippen LogP) is 4.55. The number of piperidine rings is 1. The predicted molar refractivity (Wildman–Crippen MR) is 114 cm³/mol. The van der Waals surface area contributed by atoms with Gasteiger partial charge in [-0.1, -0.05) is 42.0 Å². The lowest BCUT2D eigenvalue weighted by Gasteiger charge is -2.32. The number of hydrogen-bond acceptors (Lipinski definition) is 4. The molecule has 2 heterocycles. The molecule has 0 unspecified atom stereocenters. The van der Waals surface area contributed by atoms with Crippen LogP contribution in [0.15, 0.2) is 54.7 Å². The fraction of sp³-hybridized carbons (Fsp3) is 0.333. The fourth-order valence-corrected chi connectivity index (χ4v) is 4.21. The molecule has 0 radical (unpaired) electrons. The van der Waals surface area contributed by atoms with E-state index in [2.05, 4.69) is 46.3 Å². The van der Waals surface area contributed by atoms with Gasteiger partial charge >= 0.3 is 5.97 Å². The lowest BCUT2D eigenvalue weighted by molar-refractivity contribution is 0.0600. The number of methoxy groups -OCH3 is 1. The molecule has 1 N–H and O–H groups in total. The highest BCUT2D eigenvalue weighted by Gasteiger charge is 2.25. The minimum absolute atomic E-state index is 0.294. The van der Waals surface area contributed by atoms with Crippen molar-refractivity contribution in [3.63, 3.8) is 0 Å². The lowest BCUT2D eigenvalue weighted by Crippen LogP contribution is -2.34. The molecule has 29 heavy (non-hydrogen) atoms. The van der Waals surface area contributed by atoms with Crippen LogP contribution in [0.5, 0.6) is 0 Å². The summed E-state index contributed by atoms with van der Waals surface area (Å²) in [5.74, 6) is 0.147. The molecule has 5 nitrogen and oxygen atoms in total. The van der Waals surface area contributed by atoms with Crippen molar-refractivity contribution < 1.29 is 9.53 Å². The van der Waals surface area contributed by atoms with Crippen molar-refractivity contribution >= 4 is 5.97 Å². The second-order valence-electron chi connectivity index (χ2n) is 7.83. The molecule has 0 amide bonds. The van der Waals surface area contributed by atoms with Gasteiger partial charge in [-0.05, 0) is 49.6 Å². The highest BCUT2D eigenvalue weighted by Crippen LogP contribution is 2.33. The monoisotopic (exact) mass is 389 g/mol. The molecule has 1 saturated heterocycles. The van der Waals surface area contributed by atoms with Crippen LogP contribution in [-0.2, 0) is 11.3 Å². The highest BCUT2D eigenvalue weighted by molar-refractivity contribution is 5.89. The van der Waals surface area contributed by atoms with Crippen molar-refractivity contribution in [2.75, 3.05) is 20.2 Å². The van der Waals surface area contributed by atoms with Gasteiger partial charge in [0.1, 0.15) is 0 Å². The first kappa shape index (κ1) is 19.4.